The van der Waals surface area contributed by atoms with Gasteiger partial charge < -0.3 is 20.0 Å². The summed E-state index contributed by atoms with van der Waals surface area (Å²) in [5, 5.41) is 2.78. The minimum atomic E-state index is -0.764. The van der Waals surface area contributed by atoms with Crippen molar-refractivity contribution in [3.8, 4) is 5.75 Å². The lowest BCUT2D eigenvalue weighted by Crippen LogP contribution is -2.29. The first kappa shape index (κ1) is 15.5. The molecule has 0 aliphatic heterocycles. The van der Waals surface area contributed by atoms with Crippen LogP contribution in [-0.2, 0) is 0 Å². The molecule has 1 heterocycles. The molecular weight excluding hydrogens is 310 g/mol. The molecule has 0 atom stereocenters. The van der Waals surface area contributed by atoms with Crippen molar-refractivity contribution in [2.24, 2.45) is 0 Å². The molecular formula is C17H15N3O4. The Morgan fingerprint density at radius 3 is 2.42 bits per heavy atom. The number of carbonyl (C=O) groups is 1. The van der Waals surface area contributed by atoms with E-state index in [1.807, 2.05) is 13.0 Å². The van der Waals surface area contributed by atoms with Crippen LogP contribution in [0, 0.1) is 6.92 Å². The van der Waals surface area contributed by atoms with Crippen LogP contribution in [0.5, 0.6) is 5.75 Å². The SMILES string of the molecule is COc1ccc(C)cc1NC(=O)c1ccc2[nH]c(=O)c(=O)[nH]c2c1. The third kappa shape index (κ3) is 2.91. The van der Waals surface area contributed by atoms with Crippen LogP contribution >= 0.6 is 0 Å². The molecule has 122 valence electrons. The van der Waals surface area contributed by atoms with E-state index in [1.54, 1.807) is 24.3 Å². The number of aryl methyl sites for hydroxylation is 1. The summed E-state index contributed by atoms with van der Waals surface area (Å²) in [6, 6.07) is 10.1. The van der Waals surface area contributed by atoms with E-state index in [1.165, 1.54) is 13.2 Å². The fourth-order valence-corrected chi connectivity index (χ4v) is 2.37. The number of carbonyl (C=O) groups excluding carboxylic acids is 1. The number of hydrogen-bond donors (Lipinski definition) is 3. The summed E-state index contributed by atoms with van der Waals surface area (Å²) in [6.45, 7) is 1.91. The van der Waals surface area contributed by atoms with E-state index in [2.05, 4.69) is 15.3 Å². The first-order valence-electron chi connectivity index (χ1n) is 7.20. The predicted molar refractivity (Wildman–Crippen MR) is 90.9 cm³/mol. The molecule has 7 heteroatoms. The number of aromatic nitrogens is 2. The molecule has 0 radical (unpaired) electrons. The summed E-state index contributed by atoms with van der Waals surface area (Å²) in [5.41, 5.74) is 1.20. The zero-order valence-corrected chi connectivity index (χ0v) is 13.1. The first-order chi connectivity index (χ1) is 11.5. The molecule has 2 aromatic carbocycles. The highest BCUT2D eigenvalue weighted by atomic mass is 16.5. The lowest BCUT2D eigenvalue weighted by molar-refractivity contribution is 0.102. The van der Waals surface area contributed by atoms with E-state index in [0.717, 1.165) is 5.56 Å². The second kappa shape index (κ2) is 6.04. The first-order valence-corrected chi connectivity index (χ1v) is 7.20. The van der Waals surface area contributed by atoms with Gasteiger partial charge in [0.05, 0.1) is 23.8 Å². The molecule has 1 aromatic heterocycles. The standard InChI is InChI=1S/C17H15N3O4/c1-9-3-6-14(24-2)13(7-9)20-15(21)10-4-5-11-12(8-10)19-17(23)16(22)18-11/h3-8H,1-2H3,(H,18,22)(H,19,23)(H,20,21). The average molecular weight is 325 g/mol. The number of methoxy groups -OCH3 is 1. The van der Waals surface area contributed by atoms with Gasteiger partial charge >= 0.3 is 11.1 Å². The van der Waals surface area contributed by atoms with Gasteiger partial charge in [-0.2, -0.15) is 0 Å². The molecule has 0 unspecified atom stereocenters. The third-order valence-corrected chi connectivity index (χ3v) is 3.59. The molecule has 0 bridgehead atoms. The highest BCUT2D eigenvalue weighted by molar-refractivity contribution is 6.06. The predicted octanol–water partition coefficient (Wildman–Crippen LogP) is 1.79. The molecule has 3 N–H and O–H groups in total. The van der Waals surface area contributed by atoms with Gasteiger partial charge in [0.1, 0.15) is 5.75 Å². The summed E-state index contributed by atoms with van der Waals surface area (Å²) >= 11 is 0. The molecule has 3 rings (SSSR count). The van der Waals surface area contributed by atoms with Gasteiger partial charge in [-0.3, -0.25) is 14.4 Å². The summed E-state index contributed by atoms with van der Waals surface area (Å²) < 4.78 is 5.23. The Hall–Kier alpha value is -3.35. The lowest BCUT2D eigenvalue weighted by Gasteiger charge is -2.11. The van der Waals surface area contributed by atoms with Gasteiger partial charge in [0.2, 0.25) is 0 Å². The van der Waals surface area contributed by atoms with Crippen molar-refractivity contribution in [3.63, 3.8) is 0 Å². The van der Waals surface area contributed by atoms with Gasteiger partial charge in [0, 0.05) is 5.56 Å². The quantitative estimate of drug-likeness (QED) is 0.639. The van der Waals surface area contributed by atoms with Crippen LogP contribution in [0.15, 0.2) is 46.0 Å². The molecule has 0 aliphatic rings. The fraction of sp³-hybridized carbons (Fsp3) is 0.118. The number of anilines is 1. The number of nitrogens with one attached hydrogen (secondary N) is 3. The lowest BCUT2D eigenvalue weighted by atomic mass is 10.1. The molecule has 0 spiro atoms. The Balaban J connectivity index is 1.97. The Morgan fingerprint density at radius 1 is 1.00 bits per heavy atom. The highest BCUT2D eigenvalue weighted by Crippen LogP contribution is 2.25. The number of H-pyrrole nitrogens is 2. The van der Waals surface area contributed by atoms with Crippen molar-refractivity contribution in [1.29, 1.82) is 0 Å². The van der Waals surface area contributed by atoms with Crippen LogP contribution in [0.1, 0.15) is 15.9 Å². The van der Waals surface area contributed by atoms with Crippen LogP contribution in [0.3, 0.4) is 0 Å². The number of hydrogen-bond acceptors (Lipinski definition) is 4. The molecule has 0 saturated heterocycles. The van der Waals surface area contributed by atoms with Gasteiger partial charge in [-0.05, 0) is 42.8 Å². The number of ether oxygens (including phenoxy) is 1. The minimum Gasteiger partial charge on any atom is -0.495 e. The smallest absolute Gasteiger partial charge is 0.314 e. The Morgan fingerprint density at radius 2 is 1.71 bits per heavy atom. The van der Waals surface area contributed by atoms with E-state index in [-0.39, 0.29) is 5.91 Å². The summed E-state index contributed by atoms with van der Waals surface area (Å²) in [4.78, 5) is 40.1. The number of fused-ring (bicyclic) bond motifs is 1. The maximum atomic E-state index is 12.5. The van der Waals surface area contributed by atoms with Crippen molar-refractivity contribution in [2.75, 3.05) is 12.4 Å². The van der Waals surface area contributed by atoms with Gasteiger partial charge in [-0.15, -0.1) is 0 Å². The molecule has 1 amide bonds. The maximum Gasteiger partial charge on any atom is 0.314 e. The largest absolute Gasteiger partial charge is 0.495 e. The van der Waals surface area contributed by atoms with Crippen molar-refractivity contribution in [2.45, 2.75) is 6.92 Å². The minimum absolute atomic E-state index is 0.341. The summed E-state index contributed by atoms with van der Waals surface area (Å²) in [7, 11) is 1.53. The summed E-state index contributed by atoms with van der Waals surface area (Å²) in [5.74, 6) is 0.195. The number of amides is 1. The van der Waals surface area contributed by atoms with Gasteiger partial charge in [0.15, 0.2) is 0 Å². The Bertz CT molecular complexity index is 1050. The van der Waals surface area contributed by atoms with Gasteiger partial charge in [-0.1, -0.05) is 6.07 Å². The van der Waals surface area contributed by atoms with Crippen molar-refractivity contribution < 1.29 is 9.53 Å². The van der Waals surface area contributed by atoms with Crippen LogP contribution in [-0.4, -0.2) is 23.0 Å². The third-order valence-electron chi connectivity index (χ3n) is 3.59. The number of rotatable bonds is 3. The van der Waals surface area contributed by atoms with E-state index in [4.69, 9.17) is 4.74 Å². The van der Waals surface area contributed by atoms with E-state index in [9.17, 15) is 14.4 Å². The molecule has 0 saturated carbocycles. The van der Waals surface area contributed by atoms with Crippen molar-refractivity contribution in [3.05, 3.63) is 68.2 Å². The van der Waals surface area contributed by atoms with E-state index >= 15 is 0 Å². The molecule has 0 fully saturated rings. The molecule has 0 aliphatic carbocycles. The highest BCUT2D eigenvalue weighted by Gasteiger charge is 2.11. The zero-order valence-electron chi connectivity index (χ0n) is 13.1. The molecule has 7 nitrogen and oxygen atoms in total. The fourth-order valence-electron chi connectivity index (χ4n) is 2.37. The van der Waals surface area contributed by atoms with E-state index < -0.39 is 11.1 Å². The molecule has 24 heavy (non-hydrogen) atoms. The maximum absolute atomic E-state index is 12.5. The Labute approximate surface area is 136 Å². The van der Waals surface area contributed by atoms with Crippen LogP contribution in [0.2, 0.25) is 0 Å². The topological polar surface area (TPSA) is 104 Å². The average Bonchev–Trinajstić information content (AvgIpc) is 2.55. The van der Waals surface area contributed by atoms with Crippen LogP contribution in [0.25, 0.3) is 11.0 Å². The van der Waals surface area contributed by atoms with E-state index in [0.29, 0.717) is 28.0 Å². The van der Waals surface area contributed by atoms with Gasteiger partial charge in [-0.25, -0.2) is 0 Å². The summed E-state index contributed by atoms with van der Waals surface area (Å²) in [6.07, 6.45) is 0. The second-order valence-corrected chi connectivity index (χ2v) is 5.33. The van der Waals surface area contributed by atoms with Crippen LogP contribution in [0.4, 0.5) is 5.69 Å². The van der Waals surface area contributed by atoms with Crippen molar-refractivity contribution in [1.82, 2.24) is 9.97 Å². The number of aromatic amines is 2. The van der Waals surface area contributed by atoms with Gasteiger partial charge in [0.25, 0.3) is 5.91 Å². The second-order valence-electron chi connectivity index (χ2n) is 5.33. The normalized spacial score (nSPS) is 10.6. The van der Waals surface area contributed by atoms with Crippen molar-refractivity contribution >= 4 is 22.6 Å². The molecule has 3 aromatic rings. The monoisotopic (exact) mass is 325 g/mol. The zero-order chi connectivity index (χ0) is 17.3. The van der Waals surface area contributed by atoms with Crippen LogP contribution < -0.4 is 21.2 Å². The Kier molecular flexibility index (Phi) is 3.91. The number of benzene rings is 2.